The molecule has 1 N–H and O–H groups in total. The average molecular weight is 246 g/mol. The molecule has 1 atom stereocenters. The second-order valence-electron chi connectivity index (χ2n) is 5.70. The van der Waals surface area contributed by atoms with Crippen LogP contribution in [0.3, 0.4) is 0 Å². The van der Waals surface area contributed by atoms with Gasteiger partial charge in [0.2, 0.25) is 0 Å². The highest BCUT2D eigenvalue weighted by molar-refractivity contribution is 5.14. The summed E-state index contributed by atoms with van der Waals surface area (Å²) >= 11 is 0. The molecule has 0 bridgehead atoms. The van der Waals surface area contributed by atoms with Crippen molar-refractivity contribution in [3.8, 4) is 0 Å². The zero-order valence-electron chi connectivity index (χ0n) is 11.7. The first kappa shape index (κ1) is 13.6. The topological polar surface area (TPSA) is 15.3 Å². The fraction of sp³-hybridized carbons (Fsp3) is 0.625. The van der Waals surface area contributed by atoms with Gasteiger partial charge in [0.05, 0.1) is 0 Å². The van der Waals surface area contributed by atoms with Crippen LogP contribution in [0.15, 0.2) is 30.3 Å². The molecular formula is C16H26N2. The Hall–Kier alpha value is -0.860. The third kappa shape index (κ3) is 4.43. The first-order valence-electron chi connectivity index (χ1n) is 7.26. The fourth-order valence-electron chi connectivity index (χ4n) is 2.79. The molecule has 2 nitrogen and oxygen atoms in total. The normalized spacial score (nSPS) is 20.7. The van der Waals surface area contributed by atoms with Crippen molar-refractivity contribution in [2.45, 2.75) is 45.2 Å². The summed E-state index contributed by atoms with van der Waals surface area (Å²) in [7, 11) is 0. The molecule has 1 unspecified atom stereocenters. The van der Waals surface area contributed by atoms with Crippen molar-refractivity contribution >= 4 is 0 Å². The van der Waals surface area contributed by atoms with Gasteiger partial charge >= 0.3 is 0 Å². The van der Waals surface area contributed by atoms with Crippen LogP contribution in [-0.4, -0.2) is 36.6 Å². The van der Waals surface area contributed by atoms with Crippen molar-refractivity contribution in [1.82, 2.24) is 10.2 Å². The van der Waals surface area contributed by atoms with Gasteiger partial charge in [0.1, 0.15) is 0 Å². The molecule has 1 heterocycles. The SMILES string of the molecule is CC(C)NC1CCN(CCCc2ccccc2)C1. The van der Waals surface area contributed by atoms with E-state index < -0.39 is 0 Å². The Balaban J connectivity index is 1.63. The highest BCUT2D eigenvalue weighted by Crippen LogP contribution is 2.11. The molecule has 100 valence electrons. The summed E-state index contributed by atoms with van der Waals surface area (Å²) in [5.74, 6) is 0. The van der Waals surface area contributed by atoms with Gasteiger partial charge in [-0.1, -0.05) is 44.2 Å². The van der Waals surface area contributed by atoms with Crippen LogP contribution in [0, 0.1) is 0 Å². The lowest BCUT2D eigenvalue weighted by molar-refractivity contribution is 0.320. The predicted octanol–water partition coefficient (Wildman–Crippen LogP) is 2.69. The zero-order valence-corrected chi connectivity index (χ0v) is 11.7. The van der Waals surface area contributed by atoms with Gasteiger partial charge in [-0.25, -0.2) is 0 Å². The third-order valence-electron chi connectivity index (χ3n) is 3.62. The molecule has 0 radical (unpaired) electrons. The van der Waals surface area contributed by atoms with Gasteiger partial charge in [0.25, 0.3) is 0 Å². The smallest absolute Gasteiger partial charge is 0.0209 e. The van der Waals surface area contributed by atoms with Crippen LogP contribution in [-0.2, 0) is 6.42 Å². The molecular weight excluding hydrogens is 220 g/mol. The second-order valence-corrected chi connectivity index (χ2v) is 5.70. The maximum atomic E-state index is 3.64. The number of likely N-dealkylation sites (tertiary alicyclic amines) is 1. The Bertz CT molecular complexity index is 334. The van der Waals surface area contributed by atoms with Gasteiger partial charge in [-0.2, -0.15) is 0 Å². The van der Waals surface area contributed by atoms with Crippen molar-refractivity contribution in [2.75, 3.05) is 19.6 Å². The summed E-state index contributed by atoms with van der Waals surface area (Å²) in [6.07, 6.45) is 3.79. The molecule has 1 aromatic rings. The molecule has 0 amide bonds. The van der Waals surface area contributed by atoms with Gasteiger partial charge in [-0.3, -0.25) is 0 Å². The molecule has 0 aromatic heterocycles. The summed E-state index contributed by atoms with van der Waals surface area (Å²) in [5, 5.41) is 3.64. The standard InChI is InChI=1S/C16H26N2/c1-14(2)17-16-10-12-18(13-16)11-6-9-15-7-4-3-5-8-15/h3-5,7-8,14,16-17H,6,9-13H2,1-2H3. The molecule has 1 fully saturated rings. The summed E-state index contributed by atoms with van der Waals surface area (Å²) in [6.45, 7) is 8.20. The van der Waals surface area contributed by atoms with E-state index in [2.05, 4.69) is 54.4 Å². The summed E-state index contributed by atoms with van der Waals surface area (Å²) in [5.41, 5.74) is 1.47. The Kier molecular flexibility index (Phi) is 5.21. The van der Waals surface area contributed by atoms with Gasteiger partial charge in [-0.05, 0) is 37.9 Å². The monoisotopic (exact) mass is 246 g/mol. The van der Waals surface area contributed by atoms with E-state index in [4.69, 9.17) is 0 Å². The Morgan fingerprint density at radius 1 is 1.28 bits per heavy atom. The third-order valence-corrected chi connectivity index (χ3v) is 3.62. The lowest BCUT2D eigenvalue weighted by atomic mass is 10.1. The summed E-state index contributed by atoms with van der Waals surface area (Å²) < 4.78 is 0. The lowest BCUT2D eigenvalue weighted by Crippen LogP contribution is -2.37. The minimum absolute atomic E-state index is 0.610. The van der Waals surface area contributed by atoms with Crippen molar-refractivity contribution in [3.63, 3.8) is 0 Å². The predicted molar refractivity (Wildman–Crippen MR) is 77.9 cm³/mol. The summed E-state index contributed by atoms with van der Waals surface area (Å²) in [4.78, 5) is 2.60. The second kappa shape index (κ2) is 6.91. The van der Waals surface area contributed by atoms with Crippen molar-refractivity contribution in [2.24, 2.45) is 0 Å². The number of rotatable bonds is 6. The van der Waals surface area contributed by atoms with E-state index >= 15 is 0 Å². The molecule has 2 rings (SSSR count). The minimum Gasteiger partial charge on any atom is -0.310 e. The molecule has 0 aliphatic carbocycles. The molecule has 2 heteroatoms. The number of aryl methyl sites for hydroxylation is 1. The van der Waals surface area contributed by atoms with Crippen LogP contribution in [0.5, 0.6) is 0 Å². The molecule has 1 saturated heterocycles. The maximum Gasteiger partial charge on any atom is 0.0209 e. The molecule has 0 spiro atoms. The Morgan fingerprint density at radius 3 is 2.78 bits per heavy atom. The molecule has 1 aromatic carbocycles. The number of hydrogen-bond acceptors (Lipinski definition) is 2. The van der Waals surface area contributed by atoms with Gasteiger partial charge in [-0.15, -0.1) is 0 Å². The number of nitrogens with zero attached hydrogens (tertiary/aromatic N) is 1. The maximum absolute atomic E-state index is 3.64. The van der Waals surface area contributed by atoms with Crippen LogP contribution in [0.1, 0.15) is 32.3 Å². The van der Waals surface area contributed by atoms with E-state index in [9.17, 15) is 0 Å². The van der Waals surface area contributed by atoms with Crippen molar-refractivity contribution in [1.29, 1.82) is 0 Å². The van der Waals surface area contributed by atoms with E-state index in [1.54, 1.807) is 0 Å². The van der Waals surface area contributed by atoms with Crippen LogP contribution < -0.4 is 5.32 Å². The van der Waals surface area contributed by atoms with Crippen LogP contribution in [0.2, 0.25) is 0 Å². The molecule has 1 aliphatic heterocycles. The Morgan fingerprint density at radius 2 is 2.06 bits per heavy atom. The number of hydrogen-bond donors (Lipinski definition) is 1. The van der Waals surface area contributed by atoms with Crippen molar-refractivity contribution < 1.29 is 0 Å². The lowest BCUT2D eigenvalue weighted by Gasteiger charge is -2.18. The van der Waals surface area contributed by atoms with Gasteiger partial charge in [0, 0.05) is 18.6 Å². The van der Waals surface area contributed by atoms with Crippen LogP contribution in [0.4, 0.5) is 0 Å². The highest BCUT2D eigenvalue weighted by Gasteiger charge is 2.21. The first-order valence-corrected chi connectivity index (χ1v) is 7.26. The van der Waals surface area contributed by atoms with E-state index in [0.717, 1.165) is 0 Å². The zero-order chi connectivity index (χ0) is 12.8. The molecule has 18 heavy (non-hydrogen) atoms. The summed E-state index contributed by atoms with van der Waals surface area (Å²) in [6, 6.07) is 12.1. The van der Waals surface area contributed by atoms with E-state index in [0.29, 0.717) is 12.1 Å². The van der Waals surface area contributed by atoms with E-state index in [-0.39, 0.29) is 0 Å². The van der Waals surface area contributed by atoms with Crippen LogP contribution >= 0.6 is 0 Å². The highest BCUT2D eigenvalue weighted by atomic mass is 15.2. The number of benzene rings is 1. The Labute approximate surface area is 111 Å². The van der Waals surface area contributed by atoms with Gasteiger partial charge < -0.3 is 10.2 Å². The van der Waals surface area contributed by atoms with E-state index in [1.165, 1.54) is 44.5 Å². The van der Waals surface area contributed by atoms with Crippen molar-refractivity contribution in [3.05, 3.63) is 35.9 Å². The molecule has 1 aliphatic rings. The fourth-order valence-corrected chi connectivity index (χ4v) is 2.79. The van der Waals surface area contributed by atoms with Crippen LogP contribution in [0.25, 0.3) is 0 Å². The quantitative estimate of drug-likeness (QED) is 0.830. The average Bonchev–Trinajstić information content (AvgIpc) is 2.77. The van der Waals surface area contributed by atoms with Gasteiger partial charge in [0.15, 0.2) is 0 Å². The number of nitrogens with one attached hydrogen (secondary N) is 1. The molecule has 0 saturated carbocycles. The largest absolute Gasteiger partial charge is 0.310 e. The first-order chi connectivity index (χ1) is 8.74. The van der Waals surface area contributed by atoms with E-state index in [1.807, 2.05) is 0 Å². The minimum atomic E-state index is 0.610.